The highest BCUT2D eigenvalue weighted by Gasteiger charge is 2.23. The number of hydrogen-bond acceptors (Lipinski definition) is 3. The maximum Gasteiger partial charge on any atom is 0.503 e. The first kappa shape index (κ1) is 17.9. The van der Waals surface area contributed by atoms with Gasteiger partial charge in [-0.3, -0.25) is 0 Å². The van der Waals surface area contributed by atoms with Crippen LogP contribution < -0.4 is 9.47 Å². The Morgan fingerprint density at radius 2 is 1.42 bits per heavy atom. The molecule has 0 fully saturated rings. The minimum Gasteiger partial charge on any atom is -0.488 e. The maximum atomic E-state index is 8.56. The third-order valence-corrected chi connectivity index (χ3v) is 4.01. The predicted molar refractivity (Wildman–Crippen MR) is 91.4 cm³/mol. The summed E-state index contributed by atoms with van der Waals surface area (Å²) in [7, 11) is 0. The first-order chi connectivity index (χ1) is 11.3. The van der Waals surface area contributed by atoms with Crippen LogP contribution in [-0.2, 0) is 5.41 Å². The largest absolute Gasteiger partial charge is 0.503 e. The van der Waals surface area contributed by atoms with Crippen molar-refractivity contribution in [3.8, 4) is 11.5 Å². The van der Waals surface area contributed by atoms with E-state index in [-0.39, 0.29) is 5.41 Å². The Bertz CT molecular complexity index is 676. The Balaban J connectivity index is 0.000000471. The third-order valence-electron chi connectivity index (χ3n) is 3.80. The van der Waals surface area contributed by atoms with Crippen molar-refractivity contribution < 1.29 is 24.5 Å². The Morgan fingerprint density at radius 1 is 1.00 bits per heavy atom. The molecular formula is C18H19ClO5. The summed E-state index contributed by atoms with van der Waals surface area (Å²) in [4.78, 5) is 8.56. The van der Waals surface area contributed by atoms with Gasteiger partial charge in [-0.2, -0.15) is 0 Å². The summed E-state index contributed by atoms with van der Waals surface area (Å²) in [6, 6.07) is 16.3. The lowest BCUT2D eigenvalue weighted by molar-refractivity contribution is 0.137. The molecular weight excluding hydrogens is 332 g/mol. The average molecular weight is 351 g/mol. The molecule has 1 unspecified atom stereocenters. The molecule has 0 saturated carbocycles. The summed E-state index contributed by atoms with van der Waals surface area (Å²) >= 11 is 6.13. The second kappa shape index (κ2) is 7.45. The molecule has 0 radical (unpaired) electrons. The van der Waals surface area contributed by atoms with Gasteiger partial charge in [0.05, 0.1) is 0 Å². The number of halogens is 1. The van der Waals surface area contributed by atoms with Crippen LogP contribution in [0.25, 0.3) is 0 Å². The summed E-state index contributed by atoms with van der Waals surface area (Å²) in [5.41, 5.74) is 1.92. The number of alkyl halides is 1. The number of carbonyl (C=O) groups is 1. The zero-order chi connectivity index (χ0) is 17.7. The molecule has 0 saturated heterocycles. The highest BCUT2D eigenvalue weighted by Crippen LogP contribution is 2.34. The van der Waals surface area contributed by atoms with Crippen molar-refractivity contribution in [2.24, 2.45) is 0 Å². The van der Waals surface area contributed by atoms with E-state index in [4.69, 9.17) is 36.1 Å². The van der Waals surface area contributed by atoms with Crippen molar-refractivity contribution in [1.82, 2.24) is 0 Å². The molecule has 0 aliphatic carbocycles. The molecule has 1 atom stereocenters. The third kappa shape index (κ3) is 4.55. The van der Waals surface area contributed by atoms with Crippen LogP contribution in [0.2, 0.25) is 0 Å². The first-order valence-corrected chi connectivity index (χ1v) is 7.79. The number of ether oxygens (including phenoxy) is 2. The zero-order valence-corrected chi connectivity index (χ0v) is 14.2. The summed E-state index contributed by atoms with van der Waals surface area (Å²) in [6.07, 6.45) is -1.83. The quantitative estimate of drug-likeness (QED) is 0.680. The molecule has 6 rings (SSSR count). The topological polar surface area (TPSA) is 76.0 Å². The molecule has 4 aliphatic rings. The van der Waals surface area contributed by atoms with E-state index in [1.807, 2.05) is 24.3 Å². The summed E-state index contributed by atoms with van der Waals surface area (Å²) < 4.78 is 11.3. The van der Waals surface area contributed by atoms with E-state index in [9.17, 15) is 0 Å². The van der Waals surface area contributed by atoms with Crippen molar-refractivity contribution in [3.05, 3.63) is 59.7 Å². The van der Waals surface area contributed by atoms with E-state index in [2.05, 4.69) is 38.1 Å². The van der Waals surface area contributed by atoms with Gasteiger partial charge in [0.1, 0.15) is 18.1 Å². The predicted octanol–water partition coefficient (Wildman–Crippen LogP) is 4.57. The highest BCUT2D eigenvalue weighted by atomic mass is 35.5. The SMILES string of the molecule is CC1(C)c2ccc(cc2)OCC(Cl)Oc2ccc1cc2.O=C(O)O. The first-order valence-electron chi connectivity index (χ1n) is 7.35. The monoisotopic (exact) mass is 350 g/mol. The van der Waals surface area contributed by atoms with Crippen LogP contribution in [0.3, 0.4) is 0 Å². The van der Waals surface area contributed by atoms with Crippen molar-refractivity contribution in [2.45, 2.75) is 24.8 Å². The summed E-state index contributed by atoms with van der Waals surface area (Å²) in [6.45, 7) is 4.73. The van der Waals surface area contributed by atoms with Gasteiger partial charge in [-0.15, -0.1) is 0 Å². The normalized spacial score (nSPS) is 17.9. The van der Waals surface area contributed by atoms with E-state index in [1.165, 1.54) is 11.1 Å². The Morgan fingerprint density at radius 3 is 1.88 bits per heavy atom. The molecule has 4 heterocycles. The van der Waals surface area contributed by atoms with Crippen LogP contribution >= 0.6 is 11.6 Å². The minimum absolute atomic E-state index is 0.0640. The van der Waals surface area contributed by atoms with Gasteiger partial charge in [0.25, 0.3) is 0 Å². The van der Waals surface area contributed by atoms with Gasteiger partial charge in [-0.1, -0.05) is 49.7 Å². The van der Waals surface area contributed by atoms with Gasteiger partial charge in [0.15, 0.2) is 0 Å². The smallest absolute Gasteiger partial charge is 0.488 e. The number of rotatable bonds is 0. The van der Waals surface area contributed by atoms with E-state index < -0.39 is 11.7 Å². The maximum absolute atomic E-state index is 8.56. The second-order valence-corrected chi connectivity index (χ2v) is 6.28. The molecule has 5 nitrogen and oxygen atoms in total. The molecule has 0 amide bonds. The molecule has 4 aliphatic heterocycles. The highest BCUT2D eigenvalue weighted by molar-refractivity contribution is 6.20. The van der Waals surface area contributed by atoms with Crippen LogP contribution in [-0.4, -0.2) is 28.5 Å². The minimum atomic E-state index is -1.83. The van der Waals surface area contributed by atoms with Gasteiger partial charge in [0.2, 0.25) is 5.56 Å². The molecule has 4 bridgehead atoms. The van der Waals surface area contributed by atoms with Crippen molar-refractivity contribution in [2.75, 3.05) is 6.61 Å². The van der Waals surface area contributed by atoms with Gasteiger partial charge in [-0.05, 0) is 35.4 Å². The molecule has 6 heteroatoms. The lowest BCUT2D eigenvalue weighted by atomic mass is 9.78. The molecule has 24 heavy (non-hydrogen) atoms. The fourth-order valence-electron chi connectivity index (χ4n) is 2.43. The molecule has 128 valence electrons. The molecule has 0 aromatic heterocycles. The van der Waals surface area contributed by atoms with E-state index >= 15 is 0 Å². The summed E-state index contributed by atoms with van der Waals surface area (Å²) in [5, 5.41) is 13.9. The van der Waals surface area contributed by atoms with Crippen LogP contribution in [0.5, 0.6) is 11.5 Å². The van der Waals surface area contributed by atoms with Crippen LogP contribution in [0, 0.1) is 0 Å². The van der Waals surface area contributed by atoms with Crippen LogP contribution in [0.4, 0.5) is 4.79 Å². The van der Waals surface area contributed by atoms with E-state index in [0.717, 1.165) is 11.5 Å². The van der Waals surface area contributed by atoms with Gasteiger partial charge < -0.3 is 19.7 Å². The Kier molecular flexibility index (Phi) is 5.57. The van der Waals surface area contributed by atoms with Crippen LogP contribution in [0.15, 0.2) is 48.5 Å². The molecule has 2 aromatic carbocycles. The van der Waals surface area contributed by atoms with Gasteiger partial charge in [0, 0.05) is 5.41 Å². The second-order valence-electron chi connectivity index (χ2n) is 5.80. The Labute approximate surface area is 145 Å². The molecule has 0 spiro atoms. The average Bonchev–Trinajstić information content (AvgIpc) is 2.54. The lowest BCUT2D eigenvalue weighted by Gasteiger charge is -2.26. The zero-order valence-electron chi connectivity index (χ0n) is 13.4. The van der Waals surface area contributed by atoms with Crippen molar-refractivity contribution >= 4 is 17.8 Å². The van der Waals surface area contributed by atoms with Gasteiger partial charge >= 0.3 is 6.16 Å². The summed E-state index contributed by atoms with van der Waals surface area (Å²) in [5.74, 6) is 1.57. The van der Waals surface area contributed by atoms with Crippen molar-refractivity contribution in [1.29, 1.82) is 0 Å². The fourth-order valence-corrected chi connectivity index (χ4v) is 2.59. The van der Waals surface area contributed by atoms with E-state index in [1.54, 1.807) is 0 Å². The van der Waals surface area contributed by atoms with Gasteiger partial charge in [-0.25, -0.2) is 4.79 Å². The Hall–Kier alpha value is -2.40. The van der Waals surface area contributed by atoms with E-state index in [0.29, 0.717) is 6.61 Å². The number of carboxylic acid groups (broad SMARTS) is 2. The fraction of sp³-hybridized carbons (Fsp3) is 0.278. The van der Waals surface area contributed by atoms with Crippen LogP contribution in [0.1, 0.15) is 25.0 Å². The number of benzene rings is 2. The van der Waals surface area contributed by atoms with Crippen molar-refractivity contribution in [3.63, 3.8) is 0 Å². The number of hydrogen-bond donors (Lipinski definition) is 2. The standard InChI is InChI=1S/C17H17ClO2.CH2O3/c1-17(2)12-3-7-14(8-4-12)19-11-16(18)20-15-9-5-13(17)6-10-15;2-1(3)4/h3-10,16H,11H2,1-2H3;(H2,2,3,4). The molecule has 2 N–H and O–H groups in total. The molecule has 2 aromatic rings. The lowest BCUT2D eigenvalue weighted by Crippen LogP contribution is -2.18.